The van der Waals surface area contributed by atoms with Gasteiger partial charge in [0.2, 0.25) is 0 Å². The molecule has 1 fully saturated rings. The molecular weight excluding hydrogens is 372 g/mol. The standard InChI is InChI=1S/C18H19BrN2O3/c1-2-20-9-13(19)8-16(20)17(22)21-10-14(15(11-21)18(23)24)12-6-4-3-5-7-12/h3-9,14-15H,2,10-11H2,1H3,(H,23,24)/t14-,15-/m0/s1. The summed E-state index contributed by atoms with van der Waals surface area (Å²) in [6, 6.07) is 11.4. The second-order valence-corrected chi connectivity index (χ2v) is 6.92. The van der Waals surface area contributed by atoms with Crippen LogP contribution in [0.5, 0.6) is 0 Å². The molecule has 0 saturated carbocycles. The molecule has 0 radical (unpaired) electrons. The van der Waals surface area contributed by atoms with E-state index in [1.54, 1.807) is 11.0 Å². The van der Waals surface area contributed by atoms with E-state index in [9.17, 15) is 14.7 Å². The lowest BCUT2D eigenvalue weighted by Crippen LogP contribution is -2.31. The monoisotopic (exact) mass is 390 g/mol. The molecule has 126 valence electrons. The zero-order valence-electron chi connectivity index (χ0n) is 13.4. The number of hydrogen-bond donors (Lipinski definition) is 1. The lowest BCUT2D eigenvalue weighted by Gasteiger charge is -2.17. The van der Waals surface area contributed by atoms with Crippen LogP contribution in [0.2, 0.25) is 0 Å². The minimum atomic E-state index is -0.855. The molecule has 2 heterocycles. The minimum absolute atomic E-state index is 0.118. The number of hydrogen-bond acceptors (Lipinski definition) is 2. The molecule has 2 aromatic rings. The van der Waals surface area contributed by atoms with E-state index in [1.165, 1.54) is 0 Å². The summed E-state index contributed by atoms with van der Waals surface area (Å²) in [6.07, 6.45) is 1.87. The molecule has 1 aliphatic heterocycles. The fourth-order valence-electron chi connectivity index (χ4n) is 3.34. The second-order valence-electron chi connectivity index (χ2n) is 6.00. The number of nitrogens with zero attached hydrogens (tertiary/aromatic N) is 2. The molecule has 2 atom stereocenters. The van der Waals surface area contributed by atoms with Crippen LogP contribution in [0.25, 0.3) is 0 Å². The number of likely N-dealkylation sites (tertiary alicyclic amines) is 1. The van der Waals surface area contributed by atoms with E-state index < -0.39 is 11.9 Å². The largest absolute Gasteiger partial charge is 0.481 e. The number of aliphatic carboxylic acids is 1. The number of carboxylic acids is 1. The summed E-state index contributed by atoms with van der Waals surface area (Å²) in [5.74, 6) is -1.73. The molecule has 1 N–H and O–H groups in total. The van der Waals surface area contributed by atoms with Gasteiger partial charge in [0.05, 0.1) is 5.92 Å². The molecule has 1 aromatic heterocycles. The number of rotatable bonds is 4. The molecule has 1 aliphatic rings. The molecule has 0 bridgehead atoms. The Morgan fingerprint density at radius 3 is 2.58 bits per heavy atom. The van der Waals surface area contributed by atoms with Gasteiger partial charge in [0, 0.05) is 36.2 Å². The van der Waals surface area contributed by atoms with Crippen LogP contribution in [0.4, 0.5) is 0 Å². The van der Waals surface area contributed by atoms with Gasteiger partial charge in [0.15, 0.2) is 0 Å². The van der Waals surface area contributed by atoms with Gasteiger partial charge in [0.1, 0.15) is 5.69 Å². The van der Waals surface area contributed by atoms with E-state index in [0.29, 0.717) is 18.8 Å². The Bertz CT molecular complexity index is 757. The van der Waals surface area contributed by atoms with Crippen LogP contribution >= 0.6 is 15.9 Å². The summed E-state index contributed by atoms with van der Waals surface area (Å²) in [7, 11) is 0. The van der Waals surface area contributed by atoms with E-state index in [1.807, 2.05) is 48.0 Å². The number of carboxylic acid groups (broad SMARTS) is 1. The number of amides is 1. The quantitative estimate of drug-likeness (QED) is 0.871. The molecule has 0 spiro atoms. The maximum absolute atomic E-state index is 12.9. The Balaban J connectivity index is 1.87. The molecule has 3 rings (SSSR count). The Labute approximate surface area is 149 Å². The Morgan fingerprint density at radius 2 is 1.96 bits per heavy atom. The number of halogens is 1. The third-order valence-corrected chi connectivity index (χ3v) is 5.01. The highest BCUT2D eigenvalue weighted by molar-refractivity contribution is 9.10. The van der Waals surface area contributed by atoms with Crippen LogP contribution in [0.15, 0.2) is 47.1 Å². The summed E-state index contributed by atoms with van der Waals surface area (Å²) in [5.41, 5.74) is 1.55. The fourth-order valence-corrected chi connectivity index (χ4v) is 3.80. The Morgan fingerprint density at radius 1 is 1.25 bits per heavy atom. The minimum Gasteiger partial charge on any atom is -0.481 e. The highest BCUT2D eigenvalue weighted by atomic mass is 79.9. The maximum Gasteiger partial charge on any atom is 0.308 e. The molecule has 1 saturated heterocycles. The summed E-state index contributed by atoms with van der Waals surface area (Å²) < 4.78 is 2.72. The third-order valence-electron chi connectivity index (χ3n) is 4.58. The van der Waals surface area contributed by atoms with Crippen molar-refractivity contribution in [3.63, 3.8) is 0 Å². The summed E-state index contributed by atoms with van der Waals surface area (Å²) in [5, 5.41) is 9.57. The normalized spacial score (nSPS) is 20.3. The molecule has 1 aromatic carbocycles. The van der Waals surface area contributed by atoms with Crippen molar-refractivity contribution in [1.82, 2.24) is 9.47 Å². The van der Waals surface area contributed by atoms with Crippen molar-refractivity contribution < 1.29 is 14.7 Å². The summed E-state index contributed by atoms with van der Waals surface area (Å²) in [6.45, 7) is 3.32. The van der Waals surface area contributed by atoms with Gasteiger partial charge in [-0.1, -0.05) is 30.3 Å². The SMILES string of the molecule is CCn1cc(Br)cc1C(=O)N1C[C@H](C(=O)O)[C@H](c2ccccc2)C1. The molecule has 24 heavy (non-hydrogen) atoms. The van der Waals surface area contributed by atoms with Crippen LogP contribution in [-0.4, -0.2) is 39.5 Å². The van der Waals surface area contributed by atoms with Crippen molar-refractivity contribution in [2.24, 2.45) is 5.92 Å². The van der Waals surface area contributed by atoms with Crippen molar-refractivity contribution in [2.75, 3.05) is 13.1 Å². The molecule has 0 aliphatic carbocycles. The average Bonchev–Trinajstić information content (AvgIpc) is 3.18. The number of aromatic nitrogens is 1. The fraction of sp³-hybridized carbons (Fsp3) is 0.333. The zero-order chi connectivity index (χ0) is 17.3. The van der Waals surface area contributed by atoms with Crippen LogP contribution < -0.4 is 0 Å². The number of aryl methyl sites for hydroxylation is 1. The van der Waals surface area contributed by atoms with E-state index >= 15 is 0 Å². The molecule has 1 amide bonds. The van der Waals surface area contributed by atoms with E-state index in [4.69, 9.17) is 0 Å². The van der Waals surface area contributed by atoms with Crippen molar-refractivity contribution in [3.8, 4) is 0 Å². The molecule has 5 nitrogen and oxygen atoms in total. The lowest BCUT2D eigenvalue weighted by atomic mass is 9.89. The Kier molecular flexibility index (Phi) is 4.76. The molecule has 0 unspecified atom stereocenters. The third kappa shape index (κ3) is 3.11. The van der Waals surface area contributed by atoms with Gasteiger partial charge in [-0.3, -0.25) is 9.59 Å². The summed E-state index contributed by atoms with van der Waals surface area (Å²) >= 11 is 3.40. The van der Waals surface area contributed by atoms with Crippen LogP contribution in [-0.2, 0) is 11.3 Å². The second kappa shape index (κ2) is 6.81. The van der Waals surface area contributed by atoms with Gasteiger partial charge in [0.25, 0.3) is 5.91 Å². The van der Waals surface area contributed by atoms with Crippen LogP contribution in [0.1, 0.15) is 28.9 Å². The van der Waals surface area contributed by atoms with Crippen LogP contribution in [0.3, 0.4) is 0 Å². The Hall–Kier alpha value is -2.08. The topological polar surface area (TPSA) is 62.5 Å². The predicted molar refractivity (Wildman–Crippen MR) is 94.0 cm³/mol. The van der Waals surface area contributed by atoms with E-state index in [0.717, 1.165) is 10.0 Å². The van der Waals surface area contributed by atoms with Crippen molar-refractivity contribution in [2.45, 2.75) is 19.4 Å². The van der Waals surface area contributed by atoms with Gasteiger partial charge in [-0.05, 0) is 34.5 Å². The van der Waals surface area contributed by atoms with Gasteiger partial charge in [-0.25, -0.2) is 0 Å². The highest BCUT2D eigenvalue weighted by Crippen LogP contribution is 2.34. The molecule has 6 heteroatoms. The number of carbonyl (C=O) groups excluding carboxylic acids is 1. The highest BCUT2D eigenvalue weighted by Gasteiger charge is 2.41. The average molecular weight is 391 g/mol. The van der Waals surface area contributed by atoms with Crippen molar-refractivity contribution >= 4 is 27.8 Å². The number of carbonyl (C=O) groups is 2. The van der Waals surface area contributed by atoms with Gasteiger partial charge in [-0.15, -0.1) is 0 Å². The lowest BCUT2D eigenvalue weighted by molar-refractivity contribution is -0.141. The van der Waals surface area contributed by atoms with E-state index in [2.05, 4.69) is 15.9 Å². The van der Waals surface area contributed by atoms with Gasteiger partial charge >= 0.3 is 5.97 Å². The summed E-state index contributed by atoms with van der Waals surface area (Å²) in [4.78, 5) is 26.2. The van der Waals surface area contributed by atoms with E-state index in [-0.39, 0.29) is 18.4 Å². The first-order chi connectivity index (χ1) is 11.5. The first-order valence-electron chi connectivity index (χ1n) is 7.94. The van der Waals surface area contributed by atoms with Gasteiger partial charge < -0.3 is 14.6 Å². The van der Waals surface area contributed by atoms with Gasteiger partial charge in [-0.2, -0.15) is 0 Å². The first kappa shape index (κ1) is 16.8. The van der Waals surface area contributed by atoms with Crippen molar-refractivity contribution in [3.05, 3.63) is 58.3 Å². The van der Waals surface area contributed by atoms with Crippen LogP contribution in [0, 0.1) is 5.92 Å². The smallest absolute Gasteiger partial charge is 0.308 e. The maximum atomic E-state index is 12.9. The van der Waals surface area contributed by atoms with Crippen molar-refractivity contribution in [1.29, 1.82) is 0 Å². The zero-order valence-corrected chi connectivity index (χ0v) is 14.9. The molecular formula is C18H19BrN2O3. The number of benzene rings is 1. The predicted octanol–water partition coefficient (Wildman–Crippen LogP) is 3.21. The first-order valence-corrected chi connectivity index (χ1v) is 8.73.